The zero-order chi connectivity index (χ0) is 17.1. The first-order chi connectivity index (χ1) is 10.5. The molecular weight excluding hydrogens is 300 g/mol. The third-order valence-electron chi connectivity index (χ3n) is 3.48. The van der Waals surface area contributed by atoms with Crippen LogP contribution in [0.2, 0.25) is 5.15 Å². The fraction of sp³-hybridized carbons (Fsp3) is 0.647. The van der Waals surface area contributed by atoms with E-state index in [1.165, 1.54) is 6.20 Å². The van der Waals surface area contributed by atoms with Gasteiger partial charge in [-0.25, -0.2) is 9.78 Å². The second kappa shape index (κ2) is 11.3. The van der Waals surface area contributed by atoms with E-state index in [4.69, 9.17) is 16.3 Å². The summed E-state index contributed by atoms with van der Waals surface area (Å²) in [6.45, 7) is 12.6. The van der Waals surface area contributed by atoms with Crippen LogP contribution in [-0.4, -0.2) is 23.6 Å². The van der Waals surface area contributed by atoms with Gasteiger partial charge in [-0.3, -0.25) is 0 Å². The average molecular weight is 329 g/mol. The van der Waals surface area contributed by atoms with Crippen molar-refractivity contribution in [3.8, 4) is 0 Å². The number of carbonyl (C=O) groups is 1. The Labute approximate surface area is 139 Å². The highest BCUT2D eigenvalue weighted by molar-refractivity contribution is 6.29. The summed E-state index contributed by atoms with van der Waals surface area (Å²) in [4.78, 5) is 15.9. The first-order valence-electron chi connectivity index (χ1n) is 8.12. The lowest BCUT2D eigenvalue weighted by atomic mass is 9.96. The minimum absolute atomic E-state index is 0.284. The molecule has 0 fully saturated rings. The SMILES string of the molecule is CC.CCOC(=O)c1cnc(Cl)cc1NC(CC)C(C)CC. The van der Waals surface area contributed by atoms with Crippen LogP contribution in [0.4, 0.5) is 5.69 Å². The molecule has 0 radical (unpaired) electrons. The fourth-order valence-corrected chi connectivity index (χ4v) is 2.21. The largest absolute Gasteiger partial charge is 0.462 e. The van der Waals surface area contributed by atoms with Crippen LogP contribution in [0, 0.1) is 5.92 Å². The van der Waals surface area contributed by atoms with E-state index in [1.54, 1.807) is 13.0 Å². The van der Waals surface area contributed by atoms with E-state index in [0.717, 1.165) is 12.8 Å². The van der Waals surface area contributed by atoms with Crippen LogP contribution in [0.3, 0.4) is 0 Å². The number of anilines is 1. The van der Waals surface area contributed by atoms with Crippen molar-refractivity contribution >= 4 is 23.3 Å². The van der Waals surface area contributed by atoms with Gasteiger partial charge in [-0.2, -0.15) is 0 Å². The predicted octanol–water partition coefficient (Wildman–Crippen LogP) is 5.17. The second-order valence-corrected chi connectivity index (χ2v) is 5.20. The Bertz CT molecular complexity index is 452. The molecular formula is C17H29ClN2O2. The Hall–Kier alpha value is -1.29. The van der Waals surface area contributed by atoms with Crippen molar-refractivity contribution in [2.24, 2.45) is 5.92 Å². The molecule has 2 unspecified atom stereocenters. The first-order valence-corrected chi connectivity index (χ1v) is 8.50. The third-order valence-corrected chi connectivity index (χ3v) is 3.68. The van der Waals surface area contributed by atoms with Crippen LogP contribution < -0.4 is 5.32 Å². The summed E-state index contributed by atoms with van der Waals surface area (Å²) in [6, 6.07) is 1.96. The van der Waals surface area contributed by atoms with E-state index >= 15 is 0 Å². The van der Waals surface area contributed by atoms with E-state index in [2.05, 4.69) is 31.1 Å². The number of rotatable bonds is 7. The lowest BCUT2D eigenvalue weighted by Gasteiger charge is -2.25. The van der Waals surface area contributed by atoms with E-state index < -0.39 is 0 Å². The summed E-state index contributed by atoms with van der Waals surface area (Å²) in [7, 11) is 0. The Kier molecular flexibility index (Phi) is 10.6. The highest BCUT2D eigenvalue weighted by Gasteiger charge is 2.19. The molecule has 5 heteroatoms. The number of esters is 1. The molecule has 4 nitrogen and oxygen atoms in total. The van der Waals surface area contributed by atoms with Crippen molar-refractivity contribution in [2.45, 2.75) is 60.4 Å². The van der Waals surface area contributed by atoms with Crippen LogP contribution in [0.25, 0.3) is 0 Å². The van der Waals surface area contributed by atoms with Gasteiger partial charge in [0.2, 0.25) is 0 Å². The summed E-state index contributed by atoms with van der Waals surface area (Å²) >= 11 is 5.94. The zero-order valence-corrected chi connectivity index (χ0v) is 15.3. The molecule has 1 N–H and O–H groups in total. The molecule has 0 aliphatic carbocycles. The van der Waals surface area contributed by atoms with Crippen LogP contribution in [-0.2, 0) is 4.74 Å². The van der Waals surface area contributed by atoms with Crippen molar-refractivity contribution in [1.82, 2.24) is 4.98 Å². The van der Waals surface area contributed by atoms with E-state index in [1.807, 2.05) is 13.8 Å². The summed E-state index contributed by atoms with van der Waals surface area (Å²) in [6.07, 6.45) is 3.50. The predicted molar refractivity (Wildman–Crippen MR) is 93.7 cm³/mol. The molecule has 0 saturated heterocycles. The summed E-state index contributed by atoms with van der Waals surface area (Å²) in [5, 5.41) is 3.76. The quantitative estimate of drug-likeness (QED) is 0.554. The molecule has 1 aromatic heterocycles. The molecule has 0 saturated carbocycles. The van der Waals surface area contributed by atoms with Gasteiger partial charge < -0.3 is 10.1 Å². The van der Waals surface area contributed by atoms with Crippen LogP contribution in [0.5, 0.6) is 0 Å². The number of halogens is 1. The molecule has 1 aromatic rings. The zero-order valence-electron chi connectivity index (χ0n) is 14.6. The minimum Gasteiger partial charge on any atom is -0.462 e. The van der Waals surface area contributed by atoms with Crippen molar-refractivity contribution in [1.29, 1.82) is 0 Å². The van der Waals surface area contributed by atoms with Gasteiger partial charge in [0.1, 0.15) is 10.7 Å². The number of ether oxygens (including phenoxy) is 1. The second-order valence-electron chi connectivity index (χ2n) is 4.82. The lowest BCUT2D eigenvalue weighted by molar-refractivity contribution is 0.0527. The number of carbonyl (C=O) groups excluding carboxylic acids is 1. The molecule has 2 atom stereocenters. The summed E-state index contributed by atoms with van der Waals surface area (Å²) in [5.74, 6) is 0.125. The molecule has 126 valence electrons. The van der Waals surface area contributed by atoms with Crippen molar-refractivity contribution < 1.29 is 9.53 Å². The summed E-state index contributed by atoms with van der Waals surface area (Å²) < 4.78 is 5.05. The minimum atomic E-state index is -0.377. The van der Waals surface area contributed by atoms with Gasteiger partial charge in [0, 0.05) is 12.2 Å². The molecule has 1 rings (SSSR count). The third kappa shape index (κ3) is 6.22. The fourth-order valence-electron chi connectivity index (χ4n) is 2.05. The lowest BCUT2D eigenvalue weighted by Crippen LogP contribution is -2.27. The number of aromatic nitrogens is 1. The van der Waals surface area contributed by atoms with E-state index in [9.17, 15) is 4.79 Å². The van der Waals surface area contributed by atoms with E-state index in [0.29, 0.717) is 28.9 Å². The number of hydrogen-bond donors (Lipinski definition) is 1. The monoisotopic (exact) mass is 328 g/mol. The van der Waals surface area contributed by atoms with Crippen molar-refractivity contribution in [3.63, 3.8) is 0 Å². The van der Waals surface area contributed by atoms with Gasteiger partial charge in [-0.1, -0.05) is 52.6 Å². The van der Waals surface area contributed by atoms with Gasteiger partial charge in [-0.15, -0.1) is 0 Å². The Morgan fingerprint density at radius 1 is 1.32 bits per heavy atom. The van der Waals surface area contributed by atoms with Gasteiger partial charge in [0.25, 0.3) is 0 Å². The number of nitrogens with one attached hydrogen (secondary N) is 1. The van der Waals surface area contributed by atoms with Crippen LogP contribution in [0.1, 0.15) is 64.7 Å². The Balaban J connectivity index is 0.00000211. The molecule has 0 amide bonds. The van der Waals surface area contributed by atoms with E-state index in [-0.39, 0.29) is 12.0 Å². The molecule has 0 aromatic carbocycles. The molecule has 22 heavy (non-hydrogen) atoms. The van der Waals surface area contributed by atoms with Crippen molar-refractivity contribution in [3.05, 3.63) is 23.0 Å². The van der Waals surface area contributed by atoms with Gasteiger partial charge >= 0.3 is 5.97 Å². The Morgan fingerprint density at radius 3 is 2.45 bits per heavy atom. The topological polar surface area (TPSA) is 51.2 Å². The Morgan fingerprint density at radius 2 is 1.95 bits per heavy atom. The van der Waals surface area contributed by atoms with Gasteiger partial charge in [0.05, 0.1) is 12.3 Å². The maximum absolute atomic E-state index is 11.9. The van der Waals surface area contributed by atoms with Crippen LogP contribution in [0.15, 0.2) is 12.3 Å². The summed E-state index contributed by atoms with van der Waals surface area (Å²) in [5.41, 5.74) is 1.12. The highest BCUT2D eigenvalue weighted by Crippen LogP contribution is 2.24. The molecule has 0 aliphatic heterocycles. The smallest absolute Gasteiger partial charge is 0.341 e. The van der Waals surface area contributed by atoms with Crippen LogP contribution >= 0.6 is 11.6 Å². The number of nitrogens with zero attached hydrogens (tertiary/aromatic N) is 1. The normalized spacial score (nSPS) is 12.7. The highest BCUT2D eigenvalue weighted by atomic mass is 35.5. The molecule has 0 bridgehead atoms. The molecule has 0 aliphatic rings. The number of pyridine rings is 1. The maximum Gasteiger partial charge on any atom is 0.341 e. The number of hydrogen-bond acceptors (Lipinski definition) is 4. The standard InChI is InChI=1S/C15H23ClN2O2.C2H6/c1-5-10(4)12(6-2)18-13-8-14(16)17-9-11(13)15(19)20-7-3;1-2/h8-10,12H,5-7H2,1-4H3,(H,17,18);1-2H3. The molecule has 1 heterocycles. The van der Waals surface area contributed by atoms with Gasteiger partial charge in [-0.05, 0) is 25.3 Å². The molecule has 0 spiro atoms. The van der Waals surface area contributed by atoms with Crippen molar-refractivity contribution in [2.75, 3.05) is 11.9 Å². The first kappa shape index (κ1) is 20.7. The average Bonchev–Trinajstić information content (AvgIpc) is 2.54. The maximum atomic E-state index is 11.9. The van der Waals surface area contributed by atoms with Gasteiger partial charge in [0.15, 0.2) is 0 Å².